The van der Waals surface area contributed by atoms with Gasteiger partial charge in [0.15, 0.2) is 0 Å². The first-order chi connectivity index (χ1) is 18.4. The maximum Gasteiger partial charge on any atom is 0.262 e. The van der Waals surface area contributed by atoms with Crippen LogP contribution in [-0.2, 0) is 14.3 Å². The third-order valence-electron chi connectivity index (χ3n) is 6.99. The number of amides is 2. The molecule has 0 radical (unpaired) electrons. The van der Waals surface area contributed by atoms with Crippen molar-refractivity contribution in [3.63, 3.8) is 0 Å². The van der Waals surface area contributed by atoms with E-state index in [0.717, 1.165) is 35.7 Å². The second-order valence-corrected chi connectivity index (χ2v) is 9.85. The molecule has 4 rings (SSSR count). The molecule has 1 saturated heterocycles. The van der Waals surface area contributed by atoms with Gasteiger partial charge < -0.3 is 19.1 Å². The number of methoxy groups -OCH3 is 2. The number of nitrogens with zero attached hydrogens (tertiary/aromatic N) is 4. The fraction of sp³-hybridized carbons (Fsp3) is 0.483. The number of hydrazone groups is 1. The van der Waals surface area contributed by atoms with Crippen molar-refractivity contribution in [3.8, 4) is 11.5 Å². The summed E-state index contributed by atoms with van der Waals surface area (Å²) in [4.78, 5) is 30.9. The predicted molar refractivity (Wildman–Crippen MR) is 145 cm³/mol. The van der Waals surface area contributed by atoms with Gasteiger partial charge in [-0.05, 0) is 18.2 Å². The molecule has 2 aromatic rings. The minimum absolute atomic E-state index is 0.0398. The molecule has 9 nitrogen and oxygen atoms in total. The fourth-order valence-corrected chi connectivity index (χ4v) is 4.86. The van der Waals surface area contributed by atoms with E-state index in [1.165, 1.54) is 5.01 Å². The standard InChI is InChI=1S/C29H38N4O5/c1-21(2)29(35)32(13-12-31-14-16-38-17-15-31)20-28(34)33-26(24-10-5-6-11-27(24)37-4)19-25(30-33)22-8-7-9-23(18-22)36-3/h5-11,18,21,26H,12-17,19-20H2,1-4H3/t26-/m1/s1. The second-order valence-electron chi connectivity index (χ2n) is 9.85. The van der Waals surface area contributed by atoms with E-state index >= 15 is 0 Å². The summed E-state index contributed by atoms with van der Waals surface area (Å²) in [5.41, 5.74) is 2.55. The van der Waals surface area contributed by atoms with Gasteiger partial charge in [0.1, 0.15) is 18.0 Å². The molecule has 1 atom stereocenters. The second kappa shape index (κ2) is 12.9. The van der Waals surface area contributed by atoms with Gasteiger partial charge >= 0.3 is 0 Å². The Balaban J connectivity index is 1.60. The minimum atomic E-state index is -0.352. The molecule has 2 aliphatic rings. The van der Waals surface area contributed by atoms with Gasteiger partial charge in [0.25, 0.3) is 5.91 Å². The highest BCUT2D eigenvalue weighted by atomic mass is 16.5. The van der Waals surface area contributed by atoms with Crippen molar-refractivity contribution in [1.82, 2.24) is 14.8 Å². The summed E-state index contributed by atoms with van der Waals surface area (Å²) in [6, 6.07) is 15.0. The van der Waals surface area contributed by atoms with Crippen LogP contribution in [0.15, 0.2) is 53.6 Å². The lowest BCUT2D eigenvalue weighted by atomic mass is 9.97. The van der Waals surface area contributed by atoms with Gasteiger partial charge in [0, 0.05) is 49.6 Å². The highest BCUT2D eigenvalue weighted by Gasteiger charge is 2.36. The molecular weight excluding hydrogens is 484 g/mol. The molecule has 0 aromatic heterocycles. The van der Waals surface area contributed by atoms with Crippen LogP contribution in [-0.4, -0.2) is 92.5 Å². The number of rotatable bonds is 10. The molecule has 0 spiro atoms. The summed E-state index contributed by atoms with van der Waals surface area (Å²) in [6.45, 7) is 7.89. The molecule has 204 valence electrons. The molecule has 2 amide bonds. The molecule has 1 fully saturated rings. The largest absolute Gasteiger partial charge is 0.497 e. The Labute approximate surface area is 224 Å². The van der Waals surface area contributed by atoms with E-state index in [2.05, 4.69) is 4.90 Å². The van der Waals surface area contributed by atoms with E-state index in [1.54, 1.807) is 19.1 Å². The van der Waals surface area contributed by atoms with Crippen LogP contribution in [0.2, 0.25) is 0 Å². The van der Waals surface area contributed by atoms with Crippen LogP contribution >= 0.6 is 0 Å². The average Bonchev–Trinajstić information content (AvgIpc) is 3.41. The minimum Gasteiger partial charge on any atom is -0.497 e. The normalized spacial score (nSPS) is 17.9. The molecule has 0 unspecified atom stereocenters. The maximum absolute atomic E-state index is 13.8. The molecule has 38 heavy (non-hydrogen) atoms. The van der Waals surface area contributed by atoms with Gasteiger partial charge in [-0.25, -0.2) is 5.01 Å². The molecule has 0 aliphatic carbocycles. The number of morpholine rings is 1. The Morgan fingerprint density at radius 2 is 1.84 bits per heavy atom. The summed E-state index contributed by atoms with van der Waals surface area (Å²) in [7, 11) is 3.25. The lowest BCUT2D eigenvalue weighted by Crippen LogP contribution is -2.47. The number of hydrogen-bond donors (Lipinski definition) is 0. The van der Waals surface area contributed by atoms with Gasteiger partial charge in [-0.1, -0.05) is 44.2 Å². The molecule has 2 heterocycles. The van der Waals surface area contributed by atoms with E-state index in [9.17, 15) is 9.59 Å². The first-order valence-electron chi connectivity index (χ1n) is 13.2. The summed E-state index contributed by atoms with van der Waals surface area (Å²) in [5.74, 6) is 0.929. The van der Waals surface area contributed by atoms with Crippen LogP contribution in [0.4, 0.5) is 0 Å². The van der Waals surface area contributed by atoms with E-state index < -0.39 is 0 Å². The topological polar surface area (TPSA) is 83.9 Å². The van der Waals surface area contributed by atoms with E-state index in [1.807, 2.05) is 62.4 Å². The number of para-hydroxylation sites is 1. The van der Waals surface area contributed by atoms with Crippen LogP contribution in [0.1, 0.15) is 37.4 Å². The van der Waals surface area contributed by atoms with E-state index in [-0.39, 0.29) is 30.3 Å². The Morgan fingerprint density at radius 3 is 2.55 bits per heavy atom. The Morgan fingerprint density at radius 1 is 1.08 bits per heavy atom. The molecule has 0 N–H and O–H groups in total. The summed E-state index contributed by atoms with van der Waals surface area (Å²) in [5, 5.41) is 6.33. The van der Waals surface area contributed by atoms with Gasteiger partial charge in [-0.3, -0.25) is 14.5 Å². The quantitative estimate of drug-likeness (QED) is 0.477. The predicted octanol–water partition coefficient (Wildman–Crippen LogP) is 3.20. The van der Waals surface area contributed by atoms with Crippen LogP contribution < -0.4 is 9.47 Å². The van der Waals surface area contributed by atoms with Crippen molar-refractivity contribution in [2.75, 3.05) is 60.2 Å². The summed E-state index contributed by atoms with van der Waals surface area (Å²) < 4.78 is 16.5. The molecule has 2 aliphatic heterocycles. The van der Waals surface area contributed by atoms with Crippen LogP contribution in [0.25, 0.3) is 0 Å². The molecular formula is C29H38N4O5. The first kappa shape index (κ1) is 27.6. The Kier molecular flexibility index (Phi) is 9.36. The Bertz CT molecular complexity index is 1150. The number of carbonyl (C=O) groups excluding carboxylic acids is 2. The number of ether oxygens (including phenoxy) is 3. The zero-order valence-electron chi connectivity index (χ0n) is 22.8. The first-order valence-corrected chi connectivity index (χ1v) is 13.2. The average molecular weight is 523 g/mol. The van der Waals surface area contributed by atoms with Crippen molar-refractivity contribution in [2.45, 2.75) is 26.3 Å². The van der Waals surface area contributed by atoms with E-state index in [0.29, 0.717) is 38.5 Å². The third kappa shape index (κ3) is 6.52. The van der Waals surface area contributed by atoms with Crippen LogP contribution in [0, 0.1) is 5.92 Å². The van der Waals surface area contributed by atoms with Gasteiger partial charge in [-0.15, -0.1) is 0 Å². The zero-order chi connectivity index (χ0) is 27.1. The van der Waals surface area contributed by atoms with Crippen molar-refractivity contribution in [3.05, 3.63) is 59.7 Å². The molecule has 0 saturated carbocycles. The van der Waals surface area contributed by atoms with Crippen molar-refractivity contribution in [1.29, 1.82) is 0 Å². The lowest BCUT2D eigenvalue weighted by Gasteiger charge is -2.32. The number of hydrogen-bond acceptors (Lipinski definition) is 7. The smallest absolute Gasteiger partial charge is 0.262 e. The van der Waals surface area contributed by atoms with Crippen molar-refractivity contribution < 1.29 is 23.8 Å². The number of benzene rings is 2. The Hall–Kier alpha value is -3.43. The highest BCUT2D eigenvalue weighted by Crippen LogP contribution is 2.37. The van der Waals surface area contributed by atoms with Crippen molar-refractivity contribution in [2.24, 2.45) is 11.0 Å². The number of carbonyl (C=O) groups is 2. The SMILES string of the molecule is COc1cccc(C2=NN(C(=O)CN(CCN3CCOCC3)C(=O)C(C)C)[C@@H](c3ccccc3OC)C2)c1. The third-order valence-corrected chi connectivity index (χ3v) is 6.99. The highest BCUT2D eigenvalue weighted by molar-refractivity contribution is 6.03. The van der Waals surface area contributed by atoms with Crippen molar-refractivity contribution >= 4 is 17.5 Å². The van der Waals surface area contributed by atoms with Crippen LogP contribution in [0.3, 0.4) is 0 Å². The maximum atomic E-state index is 13.8. The van der Waals surface area contributed by atoms with Crippen LogP contribution in [0.5, 0.6) is 11.5 Å². The molecule has 0 bridgehead atoms. The fourth-order valence-electron chi connectivity index (χ4n) is 4.86. The summed E-state index contributed by atoms with van der Waals surface area (Å²) >= 11 is 0. The van der Waals surface area contributed by atoms with Gasteiger partial charge in [0.2, 0.25) is 5.91 Å². The van der Waals surface area contributed by atoms with Gasteiger partial charge in [-0.2, -0.15) is 5.10 Å². The van der Waals surface area contributed by atoms with Gasteiger partial charge in [0.05, 0.1) is 39.2 Å². The summed E-state index contributed by atoms with van der Waals surface area (Å²) in [6.07, 6.45) is 0.519. The van der Waals surface area contributed by atoms with E-state index in [4.69, 9.17) is 19.3 Å². The monoisotopic (exact) mass is 522 g/mol. The molecule has 9 heteroatoms. The lowest BCUT2D eigenvalue weighted by molar-refractivity contribution is -0.143. The zero-order valence-corrected chi connectivity index (χ0v) is 22.8. The molecule has 2 aromatic carbocycles.